The predicted octanol–water partition coefficient (Wildman–Crippen LogP) is 3.04. The Bertz CT molecular complexity index is 780. The van der Waals surface area contributed by atoms with Crippen LogP contribution in [-0.4, -0.2) is 22.0 Å². The first-order valence-corrected chi connectivity index (χ1v) is 7.78. The third-order valence-electron chi connectivity index (χ3n) is 3.75. The molecule has 0 bridgehead atoms. The maximum Gasteiger partial charge on any atom is 0.251 e. The van der Waals surface area contributed by atoms with Crippen molar-refractivity contribution in [2.45, 2.75) is 13.0 Å². The van der Waals surface area contributed by atoms with Crippen LogP contribution in [0.1, 0.15) is 21.5 Å². The fourth-order valence-electron chi connectivity index (χ4n) is 2.43. The number of hydrogen-bond acceptors (Lipinski definition) is 2. The molecule has 0 aliphatic carbocycles. The summed E-state index contributed by atoms with van der Waals surface area (Å²) in [5, 5.41) is 2.88. The Balaban J connectivity index is 1.50. The highest BCUT2D eigenvalue weighted by Gasteiger charge is 2.05. The Hall–Kier alpha value is -2.95. The fraction of sp³-hybridized carbons (Fsp3) is 0.158. The third-order valence-corrected chi connectivity index (χ3v) is 3.75. The number of halogens is 1. The van der Waals surface area contributed by atoms with Crippen molar-refractivity contribution in [3.63, 3.8) is 0 Å². The summed E-state index contributed by atoms with van der Waals surface area (Å²) in [7, 11) is 0. The van der Waals surface area contributed by atoms with Gasteiger partial charge in [-0.25, -0.2) is 9.37 Å². The average Bonchev–Trinajstić information content (AvgIpc) is 3.10. The zero-order valence-corrected chi connectivity index (χ0v) is 13.2. The molecule has 24 heavy (non-hydrogen) atoms. The van der Waals surface area contributed by atoms with E-state index in [1.165, 1.54) is 12.1 Å². The molecule has 1 N–H and O–H groups in total. The van der Waals surface area contributed by atoms with Crippen LogP contribution in [0, 0.1) is 5.82 Å². The highest BCUT2D eigenvalue weighted by molar-refractivity contribution is 5.94. The summed E-state index contributed by atoms with van der Waals surface area (Å²) in [6, 6.07) is 13.8. The first kappa shape index (κ1) is 15.9. The van der Waals surface area contributed by atoms with Crippen molar-refractivity contribution in [1.82, 2.24) is 14.9 Å². The molecule has 1 aromatic heterocycles. The first-order chi connectivity index (χ1) is 11.7. The van der Waals surface area contributed by atoms with Gasteiger partial charge < -0.3 is 9.88 Å². The number of nitrogens with zero attached hydrogens (tertiary/aromatic N) is 2. The number of amides is 1. The van der Waals surface area contributed by atoms with E-state index in [1.807, 2.05) is 35.0 Å². The van der Waals surface area contributed by atoms with Crippen LogP contribution in [0.2, 0.25) is 0 Å². The second-order valence-electron chi connectivity index (χ2n) is 5.56. The normalized spacial score (nSPS) is 10.5. The minimum Gasteiger partial charge on any atom is -0.352 e. The number of imidazole rings is 1. The Morgan fingerprint density at radius 3 is 2.42 bits per heavy atom. The quantitative estimate of drug-likeness (QED) is 0.758. The van der Waals surface area contributed by atoms with Crippen LogP contribution in [0.15, 0.2) is 67.3 Å². The number of carbonyl (C=O) groups is 1. The molecule has 0 saturated heterocycles. The Kier molecular flexibility index (Phi) is 5.01. The van der Waals surface area contributed by atoms with E-state index in [4.69, 9.17) is 0 Å². The lowest BCUT2D eigenvalue weighted by molar-refractivity contribution is 0.0954. The van der Waals surface area contributed by atoms with Gasteiger partial charge in [0.25, 0.3) is 5.91 Å². The monoisotopic (exact) mass is 323 g/mol. The predicted molar refractivity (Wildman–Crippen MR) is 90.2 cm³/mol. The van der Waals surface area contributed by atoms with Crippen LogP contribution in [-0.2, 0) is 13.0 Å². The molecular formula is C19H18FN3O. The largest absolute Gasteiger partial charge is 0.352 e. The van der Waals surface area contributed by atoms with E-state index in [9.17, 15) is 9.18 Å². The van der Waals surface area contributed by atoms with E-state index >= 15 is 0 Å². The molecule has 3 rings (SSSR count). The molecule has 3 aromatic rings. The van der Waals surface area contributed by atoms with Crippen molar-refractivity contribution in [3.05, 3.63) is 89.8 Å². The number of carbonyl (C=O) groups excluding carboxylic acids is 1. The topological polar surface area (TPSA) is 46.9 Å². The SMILES string of the molecule is O=C(NCCc1ccc(F)cc1)c1ccc(Cn2ccnc2)cc1. The molecule has 1 heterocycles. The summed E-state index contributed by atoms with van der Waals surface area (Å²) >= 11 is 0. The van der Waals surface area contributed by atoms with Gasteiger partial charge in [-0.05, 0) is 41.8 Å². The average molecular weight is 323 g/mol. The standard InChI is InChI=1S/C19H18FN3O/c20-18-7-3-15(4-8-18)9-10-22-19(24)17-5-1-16(2-6-17)13-23-12-11-21-14-23/h1-8,11-12,14H,9-10,13H2,(H,22,24). The molecule has 0 aliphatic rings. The van der Waals surface area contributed by atoms with Crippen LogP contribution < -0.4 is 5.32 Å². The van der Waals surface area contributed by atoms with Crippen molar-refractivity contribution in [3.8, 4) is 0 Å². The van der Waals surface area contributed by atoms with Crippen LogP contribution in [0.4, 0.5) is 4.39 Å². The zero-order chi connectivity index (χ0) is 16.8. The van der Waals surface area contributed by atoms with Crippen molar-refractivity contribution >= 4 is 5.91 Å². The summed E-state index contributed by atoms with van der Waals surface area (Å²) < 4.78 is 14.8. The van der Waals surface area contributed by atoms with Crippen LogP contribution in [0.3, 0.4) is 0 Å². The minimum absolute atomic E-state index is 0.105. The highest BCUT2D eigenvalue weighted by atomic mass is 19.1. The van der Waals surface area contributed by atoms with E-state index in [-0.39, 0.29) is 11.7 Å². The molecule has 122 valence electrons. The molecule has 0 radical (unpaired) electrons. The van der Waals surface area contributed by atoms with Crippen molar-refractivity contribution in [1.29, 1.82) is 0 Å². The summed E-state index contributed by atoms with van der Waals surface area (Å²) in [4.78, 5) is 16.1. The van der Waals surface area contributed by atoms with Gasteiger partial charge in [0, 0.05) is 31.0 Å². The second kappa shape index (κ2) is 7.55. The molecule has 2 aromatic carbocycles. The van der Waals surface area contributed by atoms with Crippen molar-refractivity contribution in [2.24, 2.45) is 0 Å². The van der Waals surface area contributed by atoms with Gasteiger partial charge in [0.2, 0.25) is 0 Å². The lowest BCUT2D eigenvalue weighted by Gasteiger charge is -2.07. The summed E-state index contributed by atoms with van der Waals surface area (Å²) in [5.41, 5.74) is 2.73. The van der Waals surface area contributed by atoms with Crippen molar-refractivity contribution < 1.29 is 9.18 Å². The Labute approximate surface area is 140 Å². The maximum absolute atomic E-state index is 12.8. The van der Waals surface area contributed by atoms with Crippen LogP contribution in [0.25, 0.3) is 0 Å². The van der Waals surface area contributed by atoms with Gasteiger partial charge in [-0.3, -0.25) is 4.79 Å². The minimum atomic E-state index is -0.251. The van der Waals surface area contributed by atoms with Crippen molar-refractivity contribution in [2.75, 3.05) is 6.54 Å². The van der Waals surface area contributed by atoms with E-state index in [0.29, 0.717) is 18.5 Å². The van der Waals surface area contributed by atoms with Crippen LogP contribution >= 0.6 is 0 Å². The van der Waals surface area contributed by atoms with Crippen LogP contribution in [0.5, 0.6) is 0 Å². The van der Waals surface area contributed by atoms with Gasteiger partial charge in [-0.2, -0.15) is 0 Å². The smallest absolute Gasteiger partial charge is 0.251 e. The number of rotatable bonds is 6. The summed E-state index contributed by atoms with van der Waals surface area (Å²) in [6.45, 7) is 1.24. The molecule has 5 heteroatoms. The number of hydrogen-bond donors (Lipinski definition) is 1. The third kappa shape index (κ3) is 4.29. The van der Waals surface area contributed by atoms with Gasteiger partial charge in [0.1, 0.15) is 5.82 Å². The molecule has 0 saturated carbocycles. The molecule has 0 unspecified atom stereocenters. The van der Waals surface area contributed by atoms with Gasteiger partial charge >= 0.3 is 0 Å². The number of aromatic nitrogens is 2. The molecule has 4 nitrogen and oxygen atoms in total. The summed E-state index contributed by atoms with van der Waals surface area (Å²) in [5.74, 6) is -0.357. The Morgan fingerprint density at radius 2 is 1.75 bits per heavy atom. The molecule has 0 fully saturated rings. The zero-order valence-electron chi connectivity index (χ0n) is 13.2. The number of nitrogens with one attached hydrogen (secondary N) is 1. The van der Waals surface area contributed by atoms with Gasteiger partial charge in [-0.15, -0.1) is 0 Å². The highest BCUT2D eigenvalue weighted by Crippen LogP contribution is 2.07. The Morgan fingerprint density at radius 1 is 1.04 bits per heavy atom. The second-order valence-corrected chi connectivity index (χ2v) is 5.56. The van der Waals surface area contributed by atoms with Gasteiger partial charge in [-0.1, -0.05) is 24.3 Å². The fourth-order valence-corrected chi connectivity index (χ4v) is 2.43. The maximum atomic E-state index is 12.8. The van der Waals surface area contributed by atoms with E-state index < -0.39 is 0 Å². The van der Waals surface area contributed by atoms with Gasteiger partial charge in [0.05, 0.1) is 6.33 Å². The lowest BCUT2D eigenvalue weighted by Crippen LogP contribution is -2.25. The van der Waals surface area contributed by atoms with Gasteiger partial charge in [0.15, 0.2) is 0 Å². The van der Waals surface area contributed by atoms with E-state index in [1.54, 1.807) is 24.7 Å². The van der Waals surface area contributed by atoms with E-state index in [2.05, 4.69) is 10.3 Å². The van der Waals surface area contributed by atoms with E-state index in [0.717, 1.165) is 17.7 Å². The number of benzene rings is 2. The molecule has 0 aliphatic heterocycles. The molecule has 0 atom stereocenters. The molecule has 1 amide bonds. The molecule has 0 spiro atoms. The summed E-state index contributed by atoms with van der Waals surface area (Å²) in [6.07, 6.45) is 6.07. The first-order valence-electron chi connectivity index (χ1n) is 7.78. The lowest BCUT2D eigenvalue weighted by atomic mass is 10.1. The molecular weight excluding hydrogens is 305 g/mol.